The summed E-state index contributed by atoms with van der Waals surface area (Å²) in [6.45, 7) is 0. The minimum atomic E-state index is 0.129. The van der Waals surface area contributed by atoms with Gasteiger partial charge in [-0.05, 0) is 19.3 Å². The van der Waals surface area contributed by atoms with E-state index in [1.54, 1.807) is 5.57 Å². The Labute approximate surface area is 66.3 Å². The van der Waals surface area contributed by atoms with Gasteiger partial charge in [0.15, 0.2) is 0 Å². The number of hydrogen-bond donors (Lipinski definition) is 0. The Bertz CT molecular complexity index is 98.7. The maximum Gasteiger partial charge on any atom is 0.472 e. The zero-order chi connectivity index (χ0) is 5.82. The van der Waals surface area contributed by atoms with Crippen LogP contribution in [0.25, 0.3) is 0 Å². The molecule has 0 spiro atoms. The first-order chi connectivity index (χ1) is 3.93. The summed E-state index contributed by atoms with van der Waals surface area (Å²) < 4.78 is 1.40. The van der Waals surface area contributed by atoms with Gasteiger partial charge in [0.1, 0.15) is 0 Å². The molecule has 0 atom stereocenters. The molecule has 42 valence electrons. The van der Waals surface area contributed by atoms with Gasteiger partial charge in [-0.15, -0.1) is 4.55 Å². The maximum atomic E-state index is 3.56. The first kappa shape index (κ1) is 7.10. The average molecular weight is 185 g/mol. The summed E-state index contributed by atoms with van der Waals surface area (Å²) in [6, 6.07) is 0. The van der Waals surface area contributed by atoms with Crippen molar-refractivity contribution in [2.24, 2.45) is 0 Å². The van der Waals surface area contributed by atoms with Crippen molar-refractivity contribution >= 4 is 31.1 Å². The fourth-order valence-electron chi connectivity index (χ4n) is 1.09. The molecular formula is C6H9BrMg. The Hall–Kier alpha value is 0.986. The predicted octanol–water partition coefficient (Wildman–Crippen LogP) is 2.53. The van der Waals surface area contributed by atoms with Crippen molar-refractivity contribution in [1.29, 1.82) is 0 Å². The molecule has 0 nitrogen and oxygen atoms in total. The van der Waals surface area contributed by atoms with E-state index >= 15 is 0 Å². The Morgan fingerprint density at radius 1 is 1.75 bits per heavy atom. The van der Waals surface area contributed by atoms with Crippen molar-refractivity contribution in [3.63, 3.8) is 0 Å². The Balaban J connectivity index is 2.23. The second-order valence-electron chi connectivity index (χ2n) is 2.19. The first-order valence-electron chi connectivity index (χ1n) is 3.17. The standard InChI is InChI=1S/C6H9.BrH.Mg/c1-6-4-2-3-5-6;;/h4H,1-3,5H2;1H;/q;;+1/p-1. The zero-order valence-corrected chi connectivity index (χ0v) is 7.99. The lowest BCUT2D eigenvalue weighted by Crippen LogP contribution is -1.79. The molecule has 0 saturated heterocycles. The van der Waals surface area contributed by atoms with Gasteiger partial charge < -0.3 is 12.9 Å². The molecule has 0 heterocycles. The molecule has 0 saturated carbocycles. The van der Waals surface area contributed by atoms with E-state index in [0.29, 0.717) is 0 Å². The molecule has 0 amide bonds. The van der Waals surface area contributed by atoms with Crippen LogP contribution in [0.2, 0.25) is 4.55 Å². The molecule has 8 heavy (non-hydrogen) atoms. The largest absolute Gasteiger partial charge is 0.472 e. The van der Waals surface area contributed by atoms with Gasteiger partial charge in [0.2, 0.25) is 0 Å². The molecular weight excluding hydrogens is 176 g/mol. The van der Waals surface area contributed by atoms with Crippen molar-refractivity contribution in [1.82, 2.24) is 0 Å². The minimum absolute atomic E-state index is 0.129. The van der Waals surface area contributed by atoms with Crippen LogP contribution in [0.3, 0.4) is 0 Å². The molecule has 1 rings (SSSR count). The molecule has 0 aromatic heterocycles. The van der Waals surface area contributed by atoms with Gasteiger partial charge in [-0.25, -0.2) is 0 Å². The Morgan fingerprint density at radius 3 is 3.12 bits per heavy atom. The number of halogens is 1. The average Bonchev–Trinajstić information content (AvgIpc) is 2.19. The molecule has 0 aromatic rings. The van der Waals surface area contributed by atoms with Crippen LogP contribution in [-0.4, -0.2) is 18.2 Å². The minimum Gasteiger partial charge on any atom is -0.306 e. The lowest BCUT2D eigenvalue weighted by molar-refractivity contribution is 0.906. The van der Waals surface area contributed by atoms with Gasteiger partial charge in [0.25, 0.3) is 0 Å². The van der Waals surface area contributed by atoms with Gasteiger partial charge in [-0.2, -0.15) is 0 Å². The third kappa shape index (κ3) is 2.07. The van der Waals surface area contributed by atoms with Crippen molar-refractivity contribution < 1.29 is 0 Å². The zero-order valence-electron chi connectivity index (χ0n) is 4.99. The topological polar surface area (TPSA) is 0 Å². The molecule has 0 bridgehead atoms. The number of allylic oxidation sites excluding steroid dienone is 2. The van der Waals surface area contributed by atoms with E-state index in [-0.39, 0.29) is 18.2 Å². The molecule has 1 aliphatic rings. The van der Waals surface area contributed by atoms with Crippen LogP contribution in [0.15, 0.2) is 11.6 Å². The molecule has 0 N–H and O–H groups in total. The van der Waals surface area contributed by atoms with E-state index in [4.69, 9.17) is 0 Å². The summed E-state index contributed by atoms with van der Waals surface area (Å²) in [5.74, 6) is 0. The summed E-state index contributed by atoms with van der Waals surface area (Å²) in [7, 11) is 0. The predicted molar refractivity (Wildman–Crippen MR) is 41.4 cm³/mol. The van der Waals surface area contributed by atoms with Crippen molar-refractivity contribution in [2.45, 2.75) is 23.8 Å². The van der Waals surface area contributed by atoms with Gasteiger partial charge in [-0.3, -0.25) is 0 Å². The third-order valence-corrected chi connectivity index (χ3v) is 3.57. The van der Waals surface area contributed by atoms with Crippen LogP contribution in [0.4, 0.5) is 0 Å². The van der Waals surface area contributed by atoms with Crippen LogP contribution in [0, 0.1) is 0 Å². The summed E-state index contributed by atoms with van der Waals surface area (Å²) >= 11 is 3.69. The Kier molecular flexibility index (Phi) is 3.47. The summed E-state index contributed by atoms with van der Waals surface area (Å²) in [5.41, 5.74) is 1.72. The van der Waals surface area contributed by atoms with Crippen LogP contribution >= 0.6 is 12.9 Å². The molecule has 0 aromatic carbocycles. The summed E-state index contributed by atoms with van der Waals surface area (Å²) in [6.07, 6.45) is 6.56. The molecule has 0 radical (unpaired) electrons. The normalized spacial score (nSPS) is 17.9. The van der Waals surface area contributed by atoms with E-state index in [0.717, 1.165) is 0 Å². The third-order valence-electron chi connectivity index (χ3n) is 1.55. The highest BCUT2D eigenvalue weighted by molar-refractivity contribution is 9.23. The smallest absolute Gasteiger partial charge is 0.306 e. The molecule has 2 heteroatoms. The molecule has 0 aliphatic heterocycles. The quantitative estimate of drug-likeness (QED) is 0.458. The Morgan fingerprint density at radius 2 is 2.62 bits per heavy atom. The summed E-state index contributed by atoms with van der Waals surface area (Å²) in [5, 5.41) is 0. The number of rotatable bonds is 2. The van der Waals surface area contributed by atoms with Crippen LogP contribution in [0.5, 0.6) is 0 Å². The van der Waals surface area contributed by atoms with Crippen molar-refractivity contribution in [3.05, 3.63) is 11.6 Å². The lowest BCUT2D eigenvalue weighted by atomic mass is 10.3. The van der Waals surface area contributed by atoms with Crippen molar-refractivity contribution in [2.75, 3.05) is 0 Å². The maximum absolute atomic E-state index is 3.56. The van der Waals surface area contributed by atoms with Gasteiger partial charge in [0, 0.05) is 0 Å². The first-order valence-corrected chi connectivity index (χ1v) is 8.07. The summed E-state index contributed by atoms with van der Waals surface area (Å²) in [4.78, 5) is 0. The number of hydrogen-bond acceptors (Lipinski definition) is 0. The van der Waals surface area contributed by atoms with Crippen LogP contribution < -0.4 is 0 Å². The van der Waals surface area contributed by atoms with E-state index in [1.165, 1.54) is 23.8 Å². The van der Waals surface area contributed by atoms with Gasteiger partial charge in [0.05, 0.1) is 0 Å². The monoisotopic (exact) mass is 184 g/mol. The lowest BCUT2D eigenvalue weighted by Gasteiger charge is -1.92. The van der Waals surface area contributed by atoms with Crippen molar-refractivity contribution in [3.8, 4) is 0 Å². The second kappa shape index (κ2) is 3.91. The molecule has 0 fully saturated rings. The molecule has 1 aliphatic carbocycles. The van der Waals surface area contributed by atoms with E-state index < -0.39 is 0 Å². The van der Waals surface area contributed by atoms with Crippen LogP contribution in [0.1, 0.15) is 19.3 Å². The highest BCUT2D eigenvalue weighted by Crippen LogP contribution is 2.20. The highest BCUT2D eigenvalue weighted by atomic mass is 79.9. The second-order valence-corrected chi connectivity index (χ2v) is 5.45. The van der Waals surface area contributed by atoms with E-state index in [1.807, 2.05) is 0 Å². The van der Waals surface area contributed by atoms with Crippen LogP contribution in [-0.2, 0) is 0 Å². The van der Waals surface area contributed by atoms with E-state index in [2.05, 4.69) is 19.0 Å². The fraction of sp³-hybridized carbons (Fsp3) is 0.667. The van der Waals surface area contributed by atoms with E-state index in [9.17, 15) is 0 Å². The SMILES string of the molecule is [Br][Mg][CH2]C1=CCCC1. The highest BCUT2D eigenvalue weighted by Gasteiger charge is 2.03. The molecule has 0 unspecified atom stereocenters. The van der Waals surface area contributed by atoms with Gasteiger partial charge >= 0.3 is 18.2 Å². The fourth-order valence-corrected chi connectivity index (χ4v) is 3.31. The van der Waals surface area contributed by atoms with Gasteiger partial charge in [-0.1, -0.05) is 11.6 Å².